The van der Waals surface area contributed by atoms with Crippen molar-refractivity contribution in [1.29, 1.82) is 0 Å². The van der Waals surface area contributed by atoms with Crippen molar-refractivity contribution in [2.24, 2.45) is 0 Å². The Bertz CT molecular complexity index is 884. The summed E-state index contributed by atoms with van der Waals surface area (Å²) in [7, 11) is 0. The van der Waals surface area contributed by atoms with Gasteiger partial charge in [0.1, 0.15) is 6.04 Å². The van der Waals surface area contributed by atoms with Crippen molar-refractivity contribution >= 4 is 35.8 Å². The van der Waals surface area contributed by atoms with Gasteiger partial charge >= 0.3 is 0 Å². The Balaban J connectivity index is 2.17. The molecule has 1 aromatic carbocycles. The molecule has 0 aliphatic carbocycles. The number of rotatable bonds is 2. The SMILES string of the molecule is C=CC1=c2c(cccc2=C)C(=O)N(C2CCC(=O)NC2=O)C1=O. The van der Waals surface area contributed by atoms with Crippen LogP contribution < -0.4 is 15.8 Å². The molecule has 2 aliphatic heterocycles. The van der Waals surface area contributed by atoms with Crippen LogP contribution in [0.2, 0.25) is 0 Å². The van der Waals surface area contributed by atoms with Gasteiger partial charge in [0.25, 0.3) is 11.8 Å². The average molecular weight is 310 g/mol. The maximum Gasteiger partial charge on any atom is 0.262 e. The van der Waals surface area contributed by atoms with Crippen molar-refractivity contribution in [2.45, 2.75) is 18.9 Å². The zero-order valence-electron chi connectivity index (χ0n) is 12.3. The fraction of sp³-hybridized carbons (Fsp3) is 0.176. The predicted molar refractivity (Wildman–Crippen MR) is 82.2 cm³/mol. The van der Waals surface area contributed by atoms with Gasteiger partial charge in [0, 0.05) is 22.8 Å². The second-order valence-corrected chi connectivity index (χ2v) is 5.40. The molecule has 1 saturated heterocycles. The smallest absolute Gasteiger partial charge is 0.262 e. The maximum absolute atomic E-state index is 12.7. The minimum atomic E-state index is -0.996. The summed E-state index contributed by atoms with van der Waals surface area (Å²) in [5.41, 5.74) is 0.534. The number of carbonyl (C=O) groups excluding carboxylic acids is 4. The van der Waals surface area contributed by atoms with Crippen molar-refractivity contribution in [2.75, 3.05) is 0 Å². The lowest BCUT2D eigenvalue weighted by Gasteiger charge is -2.33. The predicted octanol–water partition coefficient (Wildman–Crippen LogP) is -0.779. The fourth-order valence-electron chi connectivity index (χ4n) is 2.96. The molecule has 6 nitrogen and oxygen atoms in total. The van der Waals surface area contributed by atoms with Crippen LogP contribution in [0.3, 0.4) is 0 Å². The van der Waals surface area contributed by atoms with Crippen LogP contribution in [0, 0.1) is 0 Å². The normalized spacial score (nSPS) is 21.1. The average Bonchev–Trinajstić information content (AvgIpc) is 2.51. The van der Waals surface area contributed by atoms with E-state index in [9.17, 15) is 19.2 Å². The van der Waals surface area contributed by atoms with E-state index in [1.807, 2.05) is 0 Å². The lowest BCUT2D eigenvalue weighted by molar-refractivity contribution is -0.141. The minimum Gasteiger partial charge on any atom is -0.295 e. The molecule has 1 N–H and O–H groups in total. The first-order chi connectivity index (χ1) is 11.0. The standard InChI is InChI=1S/C17H14N2O4/c1-3-10-14-9(2)5-4-6-11(14)17(23)19(16(10)22)12-7-8-13(20)18-15(12)21/h3-6,12H,1-2,7-8H2,(H,18,20,21). The Morgan fingerprint density at radius 3 is 2.57 bits per heavy atom. The molecule has 0 aromatic heterocycles. The van der Waals surface area contributed by atoms with Gasteiger partial charge in [-0.1, -0.05) is 31.4 Å². The van der Waals surface area contributed by atoms with Crippen LogP contribution in [0.4, 0.5) is 0 Å². The van der Waals surface area contributed by atoms with E-state index in [-0.39, 0.29) is 18.4 Å². The molecule has 116 valence electrons. The quantitative estimate of drug-likeness (QED) is 0.727. The van der Waals surface area contributed by atoms with Crippen molar-refractivity contribution < 1.29 is 19.2 Å². The van der Waals surface area contributed by atoms with E-state index >= 15 is 0 Å². The molecule has 6 heteroatoms. The van der Waals surface area contributed by atoms with E-state index in [1.54, 1.807) is 18.2 Å². The van der Waals surface area contributed by atoms with Crippen LogP contribution in [-0.4, -0.2) is 34.6 Å². The molecule has 1 unspecified atom stereocenters. The fourth-order valence-corrected chi connectivity index (χ4v) is 2.96. The van der Waals surface area contributed by atoms with Crippen molar-refractivity contribution in [3.05, 3.63) is 46.9 Å². The van der Waals surface area contributed by atoms with Crippen LogP contribution in [0.25, 0.3) is 12.2 Å². The van der Waals surface area contributed by atoms with Crippen molar-refractivity contribution in [3.63, 3.8) is 0 Å². The summed E-state index contributed by atoms with van der Waals surface area (Å²) >= 11 is 0. The Morgan fingerprint density at radius 2 is 1.91 bits per heavy atom. The van der Waals surface area contributed by atoms with Crippen LogP contribution in [0.5, 0.6) is 0 Å². The number of imide groups is 2. The Morgan fingerprint density at radius 1 is 1.17 bits per heavy atom. The maximum atomic E-state index is 12.7. The number of nitrogens with zero attached hydrogens (tertiary/aromatic N) is 1. The molecular weight excluding hydrogens is 296 g/mol. The molecule has 2 aliphatic rings. The van der Waals surface area contributed by atoms with E-state index in [2.05, 4.69) is 18.5 Å². The molecule has 3 rings (SSSR count). The minimum absolute atomic E-state index is 0.0825. The summed E-state index contributed by atoms with van der Waals surface area (Å²) < 4.78 is 0. The lowest BCUT2D eigenvalue weighted by Crippen LogP contribution is -2.59. The highest BCUT2D eigenvalue weighted by atomic mass is 16.2. The van der Waals surface area contributed by atoms with Gasteiger partial charge in [-0.2, -0.15) is 0 Å². The molecule has 0 bridgehead atoms. The number of benzene rings is 1. The van der Waals surface area contributed by atoms with Crippen LogP contribution >= 0.6 is 0 Å². The van der Waals surface area contributed by atoms with Gasteiger partial charge in [0.05, 0.1) is 0 Å². The summed E-state index contributed by atoms with van der Waals surface area (Å²) in [5.74, 6) is -2.20. The third-order valence-electron chi connectivity index (χ3n) is 4.04. The highest BCUT2D eigenvalue weighted by Crippen LogP contribution is 2.20. The topological polar surface area (TPSA) is 83.6 Å². The van der Waals surface area contributed by atoms with Crippen molar-refractivity contribution in [3.8, 4) is 0 Å². The third-order valence-corrected chi connectivity index (χ3v) is 4.04. The van der Waals surface area contributed by atoms with E-state index in [0.717, 1.165) is 4.90 Å². The Labute approximate surface area is 131 Å². The number of piperidine rings is 1. The van der Waals surface area contributed by atoms with Gasteiger partial charge in [0.15, 0.2) is 0 Å². The molecule has 1 atom stereocenters. The van der Waals surface area contributed by atoms with Gasteiger partial charge in [-0.3, -0.25) is 29.4 Å². The second-order valence-electron chi connectivity index (χ2n) is 5.40. The highest BCUT2D eigenvalue weighted by molar-refractivity contribution is 6.28. The number of amides is 4. The molecule has 1 fully saturated rings. The van der Waals surface area contributed by atoms with E-state index in [4.69, 9.17) is 0 Å². The molecular formula is C17H14N2O4. The largest absolute Gasteiger partial charge is 0.295 e. The Hall–Kier alpha value is -3.02. The van der Waals surface area contributed by atoms with Crippen LogP contribution in [0.15, 0.2) is 30.9 Å². The summed E-state index contributed by atoms with van der Waals surface area (Å²) in [6.45, 7) is 7.48. The third kappa shape index (κ3) is 2.19. The zero-order chi connectivity index (χ0) is 16.7. The molecule has 0 spiro atoms. The molecule has 0 radical (unpaired) electrons. The molecule has 1 aromatic rings. The van der Waals surface area contributed by atoms with Crippen LogP contribution in [-0.2, 0) is 14.4 Å². The molecule has 23 heavy (non-hydrogen) atoms. The summed E-state index contributed by atoms with van der Waals surface area (Å²) in [6.07, 6.45) is 1.56. The molecule has 0 saturated carbocycles. The van der Waals surface area contributed by atoms with Gasteiger partial charge in [0.2, 0.25) is 11.8 Å². The monoisotopic (exact) mass is 310 g/mol. The van der Waals surface area contributed by atoms with E-state index in [1.165, 1.54) is 6.08 Å². The number of nitrogens with one attached hydrogen (secondary N) is 1. The highest BCUT2D eigenvalue weighted by Gasteiger charge is 2.41. The summed E-state index contributed by atoms with van der Waals surface area (Å²) in [6, 6.07) is 3.95. The second kappa shape index (κ2) is 5.31. The van der Waals surface area contributed by atoms with Gasteiger partial charge in [-0.15, -0.1) is 0 Å². The molecule has 2 heterocycles. The number of carbonyl (C=O) groups is 4. The first kappa shape index (κ1) is 14.9. The van der Waals surface area contributed by atoms with Crippen molar-refractivity contribution in [1.82, 2.24) is 10.2 Å². The van der Waals surface area contributed by atoms with Gasteiger partial charge in [-0.25, -0.2) is 0 Å². The number of hydrogen-bond acceptors (Lipinski definition) is 4. The first-order valence-electron chi connectivity index (χ1n) is 7.12. The number of hydrogen-bond donors (Lipinski definition) is 1. The van der Waals surface area contributed by atoms with E-state index in [0.29, 0.717) is 16.0 Å². The molecule has 4 amide bonds. The van der Waals surface area contributed by atoms with Gasteiger partial charge in [-0.05, 0) is 17.7 Å². The van der Waals surface area contributed by atoms with Gasteiger partial charge < -0.3 is 0 Å². The zero-order valence-corrected chi connectivity index (χ0v) is 12.3. The number of fused-ring (bicyclic) bond motifs is 1. The summed E-state index contributed by atoms with van der Waals surface area (Å²) in [4.78, 5) is 49.7. The lowest BCUT2D eigenvalue weighted by atomic mass is 9.95. The van der Waals surface area contributed by atoms with Crippen LogP contribution in [0.1, 0.15) is 23.2 Å². The first-order valence-corrected chi connectivity index (χ1v) is 7.12. The van der Waals surface area contributed by atoms with E-state index < -0.39 is 29.7 Å². The Kier molecular flexibility index (Phi) is 3.44. The summed E-state index contributed by atoms with van der Waals surface area (Å²) in [5, 5.41) is 3.15.